The number of phosphoric acid groups is 1. The SMILES string of the molecule is CC/C=C\C/C=C\C/C=C\C/C=C\C/C=C\C/C=C\CCCCCCCCCCCCCCCCCCC(=O)OC(COC(=O)CCCCCCCCCCCCCCCCCCCCCCCCCCCCCCCCCCCCC)COP(=O)([O-])OCC[N+](C)(C)C. The van der Waals surface area contributed by atoms with Gasteiger partial charge in [-0.3, -0.25) is 14.2 Å². The smallest absolute Gasteiger partial charge is 0.306 e. The Balaban J connectivity index is 3.92. The van der Waals surface area contributed by atoms with Crippen molar-refractivity contribution in [3.8, 4) is 0 Å². The molecule has 0 aliphatic carbocycles. The molecule has 0 amide bonds. The molecule has 0 spiro atoms. The maximum absolute atomic E-state index is 12.9. The van der Waals surface area contributed by atoms with Gasteiger partial charge in [-0.2, -0.15) is 0 Å². The van der Waals surface area contributed by atoms with Crippen LogP contribution in [-0.4, -0.2) is 70.0 Å². The highest BCUT2D eigenvalue weighted by Crippen LogP contribution is 2.38. The molecule has 0 fully saturated rings. The first-order valence-corrected chi connectivity index (χ1v) is 42.1. The lowest BCUT2D eigenvalue weighted by molar-refractivity contribution is -0.870. The quantitative estimate of drug-likeness (QED) is 0.0195. The molecule has 2 atom stereocenters. The predicted octanol–water partition coefficient (Wildman–Crippen LogP) is 26.4. The van der Waals surface area contributed by atoms with Gasteiger partial charge in [0.1, 0.15) is 19.8 Å². The molecule has 0 aliphatic rings. The summed E-state index contributed by atoms with van der Waals surface area (Å²) in [5.41, 5.74) is 0. The van der Waals surface area contributed by atoms with Crippen molar-refractivity contribution in [2.75, 3.05) is 47.5 Å². The number of phosphoric ester groups is 1. The lowest BCUT2D eigenvalue weighted by Gasteiger charge is -2.28. The normalized spacial score (nSPS) is 13.4. The first-order valence-electron chi connectivity index (χ1n) is 40.6. The summed E-state index contributed by atoms with van der Waals surface area (Å²) in [6, 6.07) is 0. The Labute approximate surface area is 584 Å². The average molecular weight is 1340 g/mol. The van der Waals surface area contributed by atoms with Gasteiger partial charge in [0.2, 0.25) is 0 Å². The topological polar surface area (TPSA) is 111 Å². The van der Waals surface area contributed by atoms with E-state index in [0.29, 0.717) is 17.4 Å². The molecule has 0 radical (unpaired) electrons. The van der Waals surface area contributed by atoms with E-state index >= 15 is 0 Å². The molecule has 94 heavy (non-hydrogen) atoms. The summed E-state index contributed by atoms with van der Waals surface area (Å²) in [6.45, 7) is 4.20. The number of allylic oxidation sites excluding steroid dienone is 12. The number of carbonyl (C=O) groups excluding carboxylic acids is 2. The molecule has 0 aromatic rings. The van der Waals surface area contributed by atoms with Crippen molar-refractivity contribution in [3.05, 3.63) is 72.9 Å². The van der Waals surface area contributed by atoms with Gasteiger partial charge in [0, 0.05) is 12.8 Å². The maximum Gasteiger partial charge on any atom is 0.306 e. The fourth-order valence-corrected chi connectivity index (χ4v) is 12.8. The molecular weight excluding hydrogens is 1180 g/mol. The van der Waals surface area contributed by atoms with Crippen LogP contribution in [0.3, 0.4) is 0 Å². The molecule has 0 rings (SSSR count). The number of unbranched alkanes of at least 4 members (excludes halogenated alkanes) is 50. The highest BCUT2D eigenvalue weighted by molar-refractivity contribution is 7.45. The summed E-state index contributed by atoms with van der Waals surface area (Å²) >= 11 is 0. The van der Waals surface area contributed by atoms with Crippen LogP contribution in [0.25, 0.3) is 0 Å². The molecule has 2 unspecified atom stereocenters. The molecule has 550 valence electrons. The first-order chi connectivity index (χ1) is 46.0. The summed E-state index contributed by atoms with van der Waals surface area (Å²) in [5, 5.41) is 0. The Morgan fingerprint density at radius 1 is 0.340 bits per heavy atom. The zero-order chi connectivity index (χ0) is 68.3. The van der Waals surface area contributed by atoms with Crippen molar-refractivity contribution < 1.29 is 42.1 Å². The molecule has 9 nitrogen and oxygen atoms in total. The van der Waals surface area contributed by atoms with Crippen LogP contribution in [0, 0.1) is 0 Å². The Kier molecular flexibility index (Phi) is 72.6. The highest BCUT2D eigenvalue weighted by atomic mass is 31.2. The van der Waals surface area contributed by atoms with E-state index in [2.05, 4.69) is 86.8 Å². The average Bonchev–Trinajstić information content (AvgIpc) is 1.68. The number of nitrogens with zero attached hydrogens (tertiary/aromatic N) is 1. The van der Waals surface area contributed by atoms with Crippen LogP contribution < -0.4 is 4.89 Å². The molecule has 0 aromatic carbocycles. The van der Waals surface area contributed by atoms with E-state index in [9.17, 15) is 19.0 Å². The van der Waals surface area contributed by atoms with Gasteiger partial charge in [0.05, 0.1) is 27.7 Å². The van der Waals surface area contributed by atoms with E-state index in [0.717, 1.165) is 77.0 Å². The molecule has 0 saturated carbocycles. The second-order valence-electron chi connectivity index (χ2n) is 28.8. The van der Waals surface area contributed by atoms with E-state index < -0.39 is 26.5 Å². The first kappa shape index (κ1) is 91.4. The van der Waals surface area contributed by atoms with E-state index in [4.69, 9.17) is 18.5 Å². The van der Waals surface area contributed by atoms with Gasteiger partial charge in [-0.25, -0.2) is 0 Å². The minimum Gasteiger partial charge on any atom is -0.756 e. The van der Waals surface area contributed by atoms with Crippen molar-refractivity contribution in [1.29, 1.82) is 0 Å². The Morgan fingerprint density at radius 2 is 0.606 bits per heavy atom. The number of likely N-dealkylation sites (N-methyl/N-ethyl adjacent to an activating group) is 1. The number of rotatable bonds is 76. The van der Waals surface area contributed by atoms with Gasteiger partial charge in [-0.05, 0) is 64.2 Å². The predicted molar refractivity (Wildman–Crippen MR) is 406 cm³/mol. The fourth-order valence-electron chi connectivity index (χ4n) is 12.1. The van der Waals surface area contributed by atoms with E-state index in [1.807, 2.05) is 21.1 Å². The van der Waals surface area contributed by atoms with E-state index in [1.165, 1.54) is 289 Å². The standard InChI is InChI=1S/C84H156NO8P/c1-6-8-10-12-14-16-18-20-22-24-26-28-30-32-34-36-38-40-42-44-46-48-50-52-54-56-58-60-62-64-66-68-70-72-74-76-83(86)90-80-82(81-92-94(88,89)91-79-78-85(3,4)5)93-84(87)77-75-73-71-69-67-65-63-61-59-57-55-53-51-49-47-45-43-41-39-37-35-33-31-29-27-25-23-21-19-17-15-13-11-9-7-2/h9,11,15,17,21,23,27,29,33,35,39,41,82H,6-8,10,12-14,16,18-20,22,24-26,28,30-32,34,36-38,40,42-81H2,1-5H3/b11-9-,17-15-,23-21-,29-27-,35-33-,41-39-. The van der Waals surface area contributed by atoms with Crippen LogP contribution >= 0.6 is 7.82 Å². The highest BCUT2D eigenvalue weighted by Gasteiger charge is 2.22. The van der Waals surface area contributed by atoms with E-state index in [-0.39, 0.29) is 32.0 Å². The monoisotopic (exact) mass is 1340 g/mol. The van der Waals surface area contributed by atoms with Gasteiger partial charge in [-0.15, -0.1) is 0 Å². The third-order valence-corrected chi connectivity index (χ3v) is 19.2. The second-order valence-corrected chi connectivity index (χ2v) is 30.2. The van der Waals surface area contributed by atoms with Gasteiger partial charge in [0.25, 0.3) is 7.82 Å². The zero-order valence-electron chi connectivity index (χ0n) is 62.9. The second kappa shape index (κ2) is 74.7. The summed E-state index contributed by atoms with van der Waals surface area (Å²) in [4.78, 5) is 38.2. The molecule has 0 aliphatic heterocycles. The Bertz CT molecular complexity index is 1820. The number of hydrogen-bond donors (Lipinski definition) is 0. The molecular formula is C84H156NO8P. The molecule has 0 N–H and O–H groups in total. The minimum atomic E-state index is -4.65. The molecule has 0 aromatic heterocycles. The van der Waals surface area contributed by atoms with E-state index in [1.54, 1.807) is 0 Å². The van der Waals surface area contributed by atoms with Crippen molar-refractivity contribution >= 4 is 19.8 Å². The van der Waals surface area contributed by atoms with Crippen LogP contribution in [0.4, 0.5) is 0 Å². The van der Waals surface area contributed by atoms with Gasteiger partial charge < -0.3 is 27.9 Å². The van der Waals surface area contributed by atoms with Crippen LogP contribution in [0.5, 0.6) is 0 Å². The van der Waals surface area contributed by atoms with Crippen LogP contribution in [0.15, 0.2) is 72.9 Å². The van der Waals surface area contributed by atoms with Gasteiger partial charge >= 0.3 is 11.9 Å². The van der Waals surface area contributed by atoms with Crippen LogP contribution in [-0.2, 0) is 32.7 Å². The summed E-state index contributed by atoms with van der Waals surface area (Å²) in [6.07, 6.45) is 102. The lowest BCUT2D eigenvalue weighted by Crippen LogP contribution is -2.37. The Hall–Kier alpha value is -2.55. The summed E-state index contributed by atoms with van der Waals surface area (Å²) in [7, 11) is 1.18. The number of hydrogen-bond acceptors (Lipinski definition) is 8. The van der Waals surface area contributed by atoms with Gasteiger partial charge in [0.15, 0.2) is 6.10 Å². The summed E-state index contributed by atoms with van der Waals surface area (Å²) < 4.78 is 34.4. The third kappa shape index (κ3) is 78.4. The number of quaternary nitrogens is 1. The van der Waals surface area contributed by atoms with Crippen LogP contribution in [0.1, 0.15) is 399 Å². The molecule has 0 saturated heterocycles. The third-order valence-electron chi connectivity index (χ3n) is 18.2. The maximum atomic E-state index is 12.9. The minimum absolute atomic E-state index is 0.0298. The molecule has 10 heteroatoms. The molecule has 0 heterocycles. The number of esters is 2. The van der Waals surface area contributed by atoms with Crippen molar-refractivity contribution in [3.63, 3.8) is 0 Å². The van der Waals surface area contributed by atoms with Crippen LogP contribution in [0.2, 0.25) is 0 Å². The van der Waals surface area contributed by atoms with Crippen molar-refractivity contribution in [1.82, 2.24) is 0 Å². The summed E-state index contributed by atoms with van der Waals surface area (Å²) in [5.74, 6) is -0.813. The zero-order valence-corrected chi connectivity index (χ0v) is 63.8. The fraction of sp³-hybridized carbons (Fsp3) is 0.833. The van der Waals surface area contributed by atoms with Crippen molar-refractivity contribution in [2.45, 2.75) is 405 Å². The van der Waals surface area contributed by atoms with Crippen molar-refractivity contribution in [2.24, 2.45) is 0 Å². The number of carbonyl (C=O) groups is 2. The lowest BCUT2D eigenvalue weighted by atomic mass is 10.0. The molecule has 0 bridgehead atoms. The Morgan fingerprint density at radius 3 is 0.904 bits per heavy atom. The number of ether oxygens (including phenoxy) is 2. The van der Waals surface area contributed by atoms with Gasteiger partial charge in [-0.1, -0.05) is 395 Å². The largest absolute Gasteiger partial charge is 0.756 e.